The Morgan fingerprint density at radius 1 is 1.09 bits per heavy atom. The van der Waals surface area contributed by atoms with Gasteiger partial charge < -0.3 is 15.0 Å². The van der Waals surface area contributed by atoms with E-state index in [2.05, 4.69) is 22.4 Å². The number of thioether (sulfide) groups is 1. The summed E-state index contributed by atoms with van der Waals surface area (Å²) in [6.07, 6.45) is 3.93. The van der Waals surface area contributed by atoms with Crippen LogP contribution in [0.4, 0.5) is 5.69 Å². The summed E-state index contributed by atoms with van der Waals surface area (Å²) in [5.74, 6) is 2.78. The molecular formula is C25H24N2O3S2. The van der Waals surface area contributed by atoms with Gasteiger partial charge in [-0.15, -0.1) is 11.8 Å². The van der Waals surface area contributed by atoms with Gasteiger partial charge in [0, 0.05) is 21.7 Å². The quantitative estimate of drug-likeness (QED) is 0.551. The van der Waals surface area contributed by atoms with Crippen LogP contribution in [0.3, 0.4) is 0 Å². The molecule has 2 aromatic carbocycles. The summed E-state index contributed by atoms with van der Waals surface area (Å²) in [6.45, 7) is -0.0433. The number of fused-ring (bicyclic) bond motifs is 6. The van der Waals surface area contributed by atoms with Gasteiger partial charge in [0.05, 0.1) is 5.03 Å². The van der Waals surface area contributed by atoms with Crippen LogP contribution in [-0.2, 0) is 4.79 Å². The molecule has 2 bridgehead atoms. The minimum absolute atomic E-state index is 0.0322. The van der Waals surface area contributed by atoms with Crippen LogP contribution < -0.4 is 14.9 Å². The number of H-pyrrole nitrogens is 1. The van der Waals surface area contributed by atoms with Crippen molar-refractivity contribution in [2.24, 2.45) is 17.8 Å². The summed E-state index contributed by atoms with van der Waals surface area (Å²) in [7, 11) is 0. The fourth-order valence-corrected chi connectivity index (χ4v) is 8.78. The number of rotatable bonds is 5. The Morgan fingerprint density at radius 2 is 1.94 bits per heavy atom. The molecule has 1 aromatic heterocycles. The third-order valence-corrected chi connectivity index (χ3v) is 9.73. The third kappa shape index (κ3) is 3.57. The number of carbonyl (C=O) groups excluding carboxylic acids is 1. The van der Waals surface area contributed by atoms with Crippen molar-refractivity contribution in [1.29, 1.82) is 0 Å². The van der Waals surface area contributed by atoms with Gasteiger partial charge >= 0.3 is 4.87 Å². The van der Waals surface area contributed by atoms with E-state index < -0.39 is 0 Å². The molecule has 0 radical (unpaired) electrons. The van der Waals surface area contributed by atoms with Gasteiger partial charge in [-0.3, -0.25) is 9.59 Å². The molecule has 2 N–H and O–H groups in total. The molecule has 7 heteroatoms. The number of hydrogen-bond acceptors (Lipinski definition) is 5. The van der Waals surface area contributed by atoms with E-state index in [9.17, 15) is 9.59 Å². The molecule has 4 unspecified atom stereocenters. The van der Waals surface area contributed by atoms with Crippen LogP contribution in [0.15, 0.2) is 64.4 Å². The Morgan fingerprint density at radius 3 is 2.81 bits per heavy atom. The largest absolute Gasteiger partial charge is 0.484 e. The average molecular weight is 465 g/mol. The zero-order valence-electron chi connectivity index (χ0n) is 17.5. The second-order valence-electron chi connectivity index (χ2n) is 8.95. The summed E-state index contributed by atoms with van der Waals surface area (Å²) >= 11 is 3.26. The van der Waals surface area contributed by atoms with E-state index in [1.807, 2.05) is 54.2 Å². The van der Waals surface area contributed by atoms with Crippen molar-refractivity contribution < 1.29 is 9.53 Å². The minimum atomic E-state index is -0.185. The third-order valence-electron chi connectivity index (χ3n) is 7.11. The normalized spacial score (nSPS) is 27.6. The van der Waals surface area contributed by atoms with Crippen molar-refractivity contribution >= 4 is 34.7 Å². The first-order chi connectivity index (χ1) is 15.7. The molecule has 2 aliphatic carbocycles. The molecule has 32 heavy (non-hydrogen) atoms. The molecule has 2 heterocycles. The van der Waals surface area contributed by atoms with Crippen LogP contribution in [0.5, 0.6) is 5.75 Å². The SMILES string of the molecule is O=C(COc1cccc([C@H]2c3sc(=O)[nH]c3SC3C4CCC(C4)C32)c1)Nc1ccccc1. The highest BCUT2D eigenvalue weighted by atomic mass is 32.2. The summed E-state index contributed by atoms with van der Waals surface area (Å²) in [5.41, 5.74) is 1.94. The molecule has 2 saturated carbocycles. The molecule has 5 nitrogen and oxygen atoms in total. The lowest BCUT2D eigenvalue weighted by Crippen LogP contribution is -2.33. The second kappa shape index (κ2) is 8.12. The van der Waals surface area contributed by atoms with Crippen molar-refractivity contribution in [3.05, 3.63) is 74.7 Å². The topological polar surface area (TPSA) is 71.2 Å². The fourth-order valence-electron chi connectivity index (χ4n) is 5.89. The number of thiazole rings is 1. The molecule has 2 fully saturated rings. The number of benzene rings is 2. The van der Waals surface area contributed by atoms with E-state index in [0.717, 1.165) is 22.5 Å². The van der Waals surface area contributed by atoms with Crippen LogP contribution >= 0.6 is 23.1 Å². The van der Waals surface area contributed by atoms with E-state index in [-0.39, 0.29) is 23.3 Å². The van der Waals surface area contributed by atoms with Gasteiger partial charge in [-0.05, 0) is 66.8 Å². The molecule has 3 aliphatic rings. The van der Waals surface area contributed by atoms with E-state index in [0.29, 0.717) is 16.9 Å². The molecule has 164 valence electrons. The summed E-state index contributed by atoms with van der Waals surface area (Å²) in [4.78, 5) is 28.8. The van der Waals surface area contributed by atoms with Gasteiger partial charge in [0.2, 0.25) is 0 Å². The smallest absolute Gasteiger partial charge is 0.305 e. The Kier molecular flexibility index (Phi) is 5.11. The lowest BCUT2D eigenvalue weighted by atomic mass is 9.75. The molecule has 5 atom stereocenters. The highest BCUT2D eigenvalue weighted by molar-refractivity contribution is 8.00. The van der Waals surface area contributed by atoms with Gasteiger partial charge in [0.25, 0.3) is 5.91 Å². The highest BCUT2D eigenvalue weighted by Crippen LogP contribution is 2.63. The lowest BCUT2D eigenvalue weighted by molar-refractivity contribution is -0.118. The van der Waals surface area contributed by atoms with E-state index >= 15 is 0 Å². The van der Waals surface area contributed by atoms with Crippen molar-refractivity contribution in [2.75, 3.05) is 11.9 Å². The average Bonchev–Trinajstić information content (AvgIpc) is 3.51. The second-order valence-corrected chi connectivity index (χ2v) is 11.2. The van der Waals surface area contributed by atoms with Gasteiger partial charge in [-0.1, -0.05) is 41.7 Å². The number of hydrogen-bond donors (Lipinski definition) is 2. The zero-order chi connectivity index (χ0) is 21.7. The van der Waals surface area contributed by atoms with Crippen molar-refractivity contribution in [3.8, 4) is 5.75 Å². The van der Waals surface area contributed by atoms with Gasteiger partial charge in [0.1, 0.15) is 5.75 Å². The number of aromatic amines is 1. The molecule has 1 amide bonds. The molecular weight excluding hydrogens is 440 g/mol. The number of aromatic nitrogens is 1. The number of carbonyl (C=O) groups is 1. The van der Waals surface area contributed by atoms with Crippen molar-refractivity contribution in [1.82, 2.24) is 4.98 Å². The Bertz CT molecular complexity index is 1210. The predicted octanol–water partition coefficient (Wildman–Crippen LogP) is 5.11. The number of amides is 1. The standard InChI is InChI=1S/C25H24N2O3S2/c28-19(26-17-6-2-1-3-7-17)13-30-18-8-4-5-14(12-18)21-20-15-9-10-16(11-15)22(20)31-24-23(21)32-25(29)27-24/h1-8,12,15-16,20-22H,9-11,13H2,(H,26,28)(H,27,29)/t15?,16?,20?,21-,22?/m1/s1. The maximum absolute atomic E-state index is 12.3. The van der Waals surface area contributed by atoms with Gasteiger partial charge in [-0.2, -0.15) is 0 Å². The number of nitrogens with one attached hydrogen (secondary N) is 2. The molecule has 1 aliphatic heterocycles. The summed E-state index contributed by atoms with van der Waals surface area (Å²) in [5, 5.41) is 4.49. The highest BCUT2D eigenvalue weighted by Gasteiger charge is 2.54. The fraction of sp³-hybridized carbons (Fsp3) is 0.360. The number of anilines is 1. The van der Waals surface area contributed by atoms with Crippen LogP contribution in [0.25, 0.3) is 0 Å². The Hall–Kier alpha value is -2.51. The van der Waals surface area contributed by atoms with Crippen LogP contribution in [0.1, 0.15) is 35.6 Å². The van der Waals surface area contributed by atoms with E-state index in [4.69, 9.17) is 4.74 Å². The minimum Gasteiger partial charge on any atom is -0.484 e. The predicted molar refractivity (Wildman–Crippen MR) is 128 cm³/mol. The maximum Gasteiger partial charge on any atom is 0.305 e. The maximum atomic E-state index is 12.3. The first kappa shape index (κ1) is 20.1. The molecule has 0 spiro atoms. The number of ether oxygens (including phenoxy) is 1. The molecule has 0 saturated heterocycles. The van der Waals surface area contributed by atoms with Crippen LogP contribution in [-0.4, -0.2) is 22.7 Å². The van der Waals surface area contributed by atoms with Crippen LogP contribution in [0, 0.1) is 17.8 Å². The monoisotopic (exact) mass is 464 g/mol. The first-order valence-corrected chi connectivity index (χ1v) is 12.8. The summed E-state index contributed by atoms with van der Waals surface area (Å²) in [6, 6.07) is 17.5. The van der Waals surface area contributed by atoms with Crippen molar-refractivity contribution in [3.63, 3.8) is 0 Å². The van der Waals surface area contributed by atoms with Gasteiger partial charge in [-0.25, -0.2) is 0 Å². The Balaban J connectivity index is 1.24. The van der Waals surface area contributed by atoms with Gasteiger partial charge in [0.15, 0.2) is 6.61 Å². The molecule has 6 rings (SSSR count). The molecule has 3 aromatic rings. The number of para-hydroxylation sites is 1. The van der Waals surface area contributed by atoms with Crippen molar-refractivity contribution in [2.45, 2.75) is 35.5 Å². The van der Waals surface area contributed by atoms with E-state index in [1.54, 1.807) is 0 Å². The van der Waals surface area contributed by atoms with Crippen LogP contribution in [0.2, 0.25) is 0 Å². The first-order valence-electron chi connectivity index (χ1n) is 11.1. The lowest BCUT2D eigenvalue weighted by Gasteiger charge is -2.40. The van der Waals surface area contributed by atoms with E-state index in [1.165, 1.54) is 41.0 Å². The zero-order valence-corrected chi connectivity index (χ0v) is 19.1. The summed E-state index contributed by atoms with van der Waals surface area (Å²) < 4.78 is 5.85. The Labute approximate surface area is 194 Å².